The average Bonchev–Trinajstić information content (AvgIpc) is 3.37. The molecule has 1 fully saturated rings. The molecule has 0 spiro atoms. The number of esters is 1. The molecule has 2 aromatic heterocycles. The number of aromatic hydroxyl groups is 1. The predicted octanol–water partition coefficient (Wildman–Crippen LogP) is 7.12. The molecule has 1 N–H and O–H groups in total. The number of likely N-dealkylation sites (tertiary alicyclic amines) is 1. The number of furan rings is 1. The third kappa shape index (κ3) is 5.18. The highest BCUT2D eigenvalue weighted by Crippen LogP contribution is 2.48. The van der Waals surface area contributed by atoms with Crippen molar-refractivity contribution in [2.45, 2.75) is 38.6 Å². The number of ether oxygens (including phenoxy) is 2. The Kier molecular flexibility index (Phi) is 7.80. The predicted molar refractivity (Wildman–Crippen MR) is 159 cm³/mol. The zero-order chi connectivity index (χ0) is 29.2. The number of halogens is 1. The minimum Gasteiger partial charge on any atom is -0.507 e. The van der Waals surface area contributed by atoms with Gasteiger partial charge in [0.1, 0.15) is 34.2 Å². The molecule has 1 aliphatic heterocycles. The summed E-state index contributed by atoms with van der Waals surface area (Å²) in [6.07, 6.45) is 7.35. The van der Waals surface area contributed by atoms with E-state index < -0.39 is 5.97 Å². The quantitative estimate of drug-likeness (QED) is 0.200. The lowest BCUT2D eigenvalue weighted by molar-refractivity contribution is 0.0600. The molecule has 7 nitrogen and oxygen atoms in total. The summed E-state index contributed by atoms with van der Waals surface area (Å²) in [5.41, 5.74) is 3.35. The van der Waals surface area contributed by atoms with Crippen LogP contribution in [-0.4, -0.2) is 47.8 Å². The topological polar surface area (TPSA) is 85.0 Å². The van der Waals surface area contributed by atoms with Gasteiger partial charge in [0.05, 0.1) is 19.8 Å². The number of benzene rings is 3. The van der Waals surface area contributed by atoms with Gasteiger partial charge in [0, 0.05) is 40.5 Å². The minimum absolute atomic E-state index is 0.0914. The Morgan fingerprint density at radius 1 is 1.05 bits per heavy atom. The van der Waals surface area contributed by atoms with Gasteiger partial charge in [0.25, 0.3) is 0 Å². The first kappa shape index (κ1) is 27.7. The molecule has 0 saturated carbocycles. The second kappa shape index (κ2) is 11.8. The van der Waals surface area contributed by atoms with Crippen molar-refractivity contribution < 1.29 is 28.2 Å². The Bertz CT molecular complexity index is 1730. The van der Waals surface area contributed by atoms with Crippen LogP contribution >= 0.6 is 0 Å². The Balaban J connectivity index is 1.51. The Morgan fingerprint density at radius 2 is 1.79 bits per heavy atom. The molecule has 0 radical (unpaired) electrons. The van der Waals surface area contributed by atoms with Crippen LogP contribution in [0, 0.1) is 12.7 Å². The van der Waals surface area contributed by atoms with E-state index in [0.29, 0.717) is 57.4 Å². The maximum atomic E-state index is 13.3. The molecule has 0 aliphatic carbocycles. The van der Waals surface area contributed by atoms with Gasteiger partial charge in [-0.05, 0) is 86.4 Å². The van der Waals surface area contributed by atoms with E-state index in [1.807, 2.05) is 30.3 Å². The maximum absolute atomic E-state index is 13.3. The van der Waals surface area contributed by atoms with Crippen LogP contribution in [0.2, 0.25) is 0 Å². The van der Waals surface area contributed by atoms with Crippen LogP contribution in [0.4, 0.5) is 4.39 Å². The van der Waals surface area contributed by atoms with Gasteiger partial charge in [-0.2, -0.15) is 0 Å². The SMILES string of the molecule is COC(=O)c1c(C)oc2c1c(C(c1ccncc1)N1CCCCC1)c(O)c1ccc(OCCc3ccc(F)cc3)cc12. The maximum Gasteiger partial charge on any atom is 0.342 e. The van der Waals surface area contributed by atoms with Gasteiger partial charge in [-0.1, -0.05) is 18.6 Å². The second-order valence-corrected chi connectivity index (χ2v) is 10.7. The van der Waals surface area contributed by atoms with Crippen molar-refractivity contribution in [3.63, 3.8) is 0 Å². The highest BCUT2D eigenvalue weighted by molar-refractivity contribution is 6.17. The third-order valence-corrected chi connectivity index (χ3v) is 8.11. The van der Waals surface area contributed by atoms with Crippen LogP contribution < -0.4 is 4.74 Å². The fraction of sp³-hybridized carbons (Fsp3) is 0.294. The third-order valence-electron chi connectivity index (χ3n) is 8.11. The summed E-state index contributed by atoms with van der Waals surface area (Å²) in [5.74, 6) is 0.302. The number of rotatable bonds is 8. The largest absolute Gasteiger partial charge is 0.507 e. The summed E-state index contributed by atoms with van der Waals surface area (Å²) in [6.45, 7) is 3.84. The van der Waals surface area contributed by atoms with Crippen molar-refractivity contribution in [2.75, 3.05) is 26.8 Å². The molecule has 0 amide bonds. The van der Waals surface area contributed by atoms with Gasteiger partial charge in [-0.15, -0.1) is 0 Å². The van der Waals surface area contributed by atoms with Crippen molar-refractivity contribution in [1.82, 2.24) is 9.88 Å². The van der Waals surface area contributed by atoms with Crippen LogP contribution in [0.1, 0.15) is 58.1 Å². The highest BCUT2D eigenvalue weighted by Gasteiger charge is 2.34. The lowest BCUT2D eigenvalue weighted by atomic mass is 9.88. The van der Waals surface area contributed by atoms with Gasteiger partial charge in [-0.3, -0.25) is 9.88 Å². The molecule has 1 unspecified atom stereocenters. The molecule has 42 heavy (non-hydrogen) atoms. The summed E-state index contributed by atoms with van der Waals surface area (Å²) in [4.78, 5) is 19.7. The van der Waals surface area contributed by atoms with Crippen LogP contribution in [-0.2, 0) is 11.2 Å². The van der Waals surface area contributed by atoms with Crippen molar-refractivity contribution in [1.29, 1.82) is 0 Å². The number of aromatic nitrogens is 1. The number of nitrogens with zero attached hydrogens (tertiary/aromatic N) is 2. The number of carbonyl (C=O) groups excluding carboxylic acids is 1. The van der Waals surface area contributed by atoms with Gasteiger partial charge >= 0.3 is 5.97 Å². The minimum atomic E-state index is -0.523. The van der Waals surface area contributed by atoms with Crippen molar-refractivity contribution in [3.8, 4) is 11.5 Å². The standard InChI is InChI=1S/C34H33FN2O5/c1-21-28(34(39)40-2)29-30(31(23-12-15-36-16-13-23)37-17-4-3-5-18-37)32(38)26-11-10-25(20-27(26)33(29)42-21)41-19-14-22-6-8-24(35)9-7-22/h6-13,15-16,20,31,38H,3-5,14,17-19H2,1-2H3. The Morgan fingerprint density at radius 3 is 2.50 bits per heavy atom. The molecule has 5 aromatic rings. The fourth-order valence-electron chi connectivity index (χ4n) is 6.10. The first-order chi connectivity index (χ1) is 20.5. The number of piperidine rings is 1. The summed E-state index contributed by atoms with van der Waals surface area (Å²) in [5, 5.41) is 13.8. The summed E-state index contributed by atoms with van der Waals surface area (Å²) < 4.78 is 30.8. The molecule has 3 aromatic carbocycles. The van der Waals surface area contributed by atoms with Crippen molar-refractivity contribution >= 4 is 27.7 Å². The molecule has 0 bridgehead atoms. The number of pyridine rings is 1. The fourth-order valence-corrected chi connectivity index (χ4v) is 6.10. The first-order valence-corrected chi connectivity index (χ1v) is 14.3. The molecule has 1 saturated heterocycles. The van der Waals surface area contributed by atoms with E-state index in [0.717, 1.165) is 43.5 Å². The lowest BCUT2D eigenvalue weighted by Crippen LogP contribution is -2.34. The smallest absolute Gasteiger partial charge is 0.342 e. The molecular weight excluding hydrogens is 535 g/mol. The zero-order valence-corrected chi connectivity index (χ0v) is 23.7. The number of hydrogen-bond donors (Lipinski definition) is 1. The number of phenols is 1. The number of methoxy groups -OCH3 is 1. The number of fused-ring (bicyclic) bond motifs is 3. The first-order valence-electron chi connectivity index (χ1n) is 14.3. The molecule has 216 valence electrons. The summed E-state index contributed by atoms with van der Waals surface area (Å²) >= 11 is 0. The molecule has 1 aliphatic rings. The van der Waals surface area contributed by atoms with E-state index in [1.54, 1.807) is 31.5 Å². The van der Waals surface area contributed by atoms with E-state index in [4.69, 9.17) is 13.9 Å². The molecule has 6 rings (SSSR count). The van der Waals surface area contributed by atoms with E-state index in [2.05, 4.69) is 9.88 Å². The van der Waals surface area contributed by atoms with E-state index in [-0.39, 0.29) is 17.6 Å². The second-order valence-electron chi connectivity index (χ2n) is 10.7. The normalized spacial score (nSPS) is 14.7. The van der Waals surface area contributed by atoms with Crippen LogP contribution in [0.5, 0.6) is 11.5 Å². The van der Waals surface area contributed by atoms with E-state index in [9.17, 15) is 14.3 Å². The van der Waals surface area contributed by atoms with Crippen LogP contribution in [0.3, 0.4) is 0 Å². The van der Waals surface area contributed by atoms with Gasteiger partial charge in [-0.25, -0.2) is 9.18 Å². The van der Waals surface area contributed by atoms with E-state index >= 15 is 0 Å². The number of phenolic OH excluding ortho intramolecular Hbond substituents is 1. The molecule has 3 heterocycles. The van der Waals surface area contributed by atoms with Crippen molar-refractivity contribution in [2.24, 2.45) is 0 Å². The molecule has 1 atom stereocenters. The molecule has 8 heteroatoms. The zero-order valence-electron chi connectivity index (χ0n) is 23.7. The Hall–Kier alpha value is -4.43. The van der Waals surface area contributed by atoms with Crippen LogP contribution in [0.25, 0.3) is 21.7 Å². The summed E-state index contributed by atoms with van der Waals surface area (Å²) in [6, 6.07) is 15.4. The lowest BCUT2D eigenvalue weighted by Gasteiger charge is -2.36. The highest BCUT2D eigenvalue weighted by atomic mass is 19.1. The van der Waals surface area contributed by atoms with Gasteiger partial charge < -0.3 is 19.0 Å². The number of hydrogen-bond acceptors (Lipinski definition) is 7. The van der Waals surface area contributed by atoms with Crippen LogP contribution in [0.15, 0.2) is 71.4 Å². The van der Waals surface area contributed by atoms with E-state index in [1.165, 1.54) is 19.2 Å². The van der Waals surface area contributed by atoms with Gasteiger partial charge in [0.2, 0.25) is 0 Å². The summed E-state index contributed by atoms with van der Waals surface area (Å²) in [7, 11) is 1.35. The van der Waals surface area contributed by atoms with Crippen molar-refractivity contribution in [3.05, 3.63) is 101 Å². The average molecular weight is 569 g/mol. The molecular formula is C34H33FN2O5. The monoisotopic (exact) mass is 568 g/mol. The number of aryl methyl sites for hydroxylation is 1. The number of carbonyl (C=O) groups is 1. The van der Waals surface area contributed by atoms with Gasteiger partial charge in [0.15, 0.2) is 0 Å². The Labute approximate surface area is 243 Å².